The van der Waals surface area contributed by atoms with Gasteiger partial charge in [-0.3, -0.25) is 4.98 Å². The summed E-state index contributed by atoms with van der Waals surface area (Å²) in [6.07, 6.45) is 3.50. The molecule has 2 heterocycles. The van der Waals surface area contributed by atoms with Crippen molar-refractivity contribution in [3.05, 3.63) is 41.0 Å². The van der Waals surface area contributed by atoms with Gasteiger partial charge in [-0.15, -0.1) is 0 Å². The number of rotatable bonds is 1. The number of nitrogens with zero attached hydrogens (tertiary/aromatic N) is 3. The molecule has 0 radical (unpaired) electrons. The zero-order chi connectivity index (χ0) is 9.97. The molecule has 0 aliphatic carbocycles. The summed E-state index contributed by atoms with van der Waals surface area (Å²) in [5.41, 5.74) is 1.96. The molecule has 0 aliphatic heterocycles. The molecule has 2 aromatic rings. The zero-order valence-corrected chi connectivity index (χ0v) is 9.19. The molecule has 14 heavy (non-hydrogen) atoms. The first-order valence-corrected chi connectivity index (χ1v) is 4.96. The summed E-state index contributed by atoms with van der Waals surface area (Å²) in [7, 11) is 0. The van der Waals surface area contributed by atoms with Gasteiger partial charge in [0.25, 0.3) is 0 Å². The molecule has 3 nitrogen and oxygen atoms in total. The van der Waals surface area contributed by atoms with Gasteiger partial charge in [-0.1, -0.05) is 0 Å². The Labute approximate surface area is 90.4 Å². The van der Waals surface area contributed by atoms with E-state index in [-0.39, 0.29) is 0 Å². The van der Waals surface area contributed by atoms with Crippen LogP contribution >= 0.6 is 15.9 Å². The van der Waals surface area contributed by atoms with Crippen LogP contribution in [0.25, 0.3) is 11.3 Å². The number of hydrogen-bond donors (Lipinski definition) is 0. The van der Waals surface area contributed by atoms with E-state index in [1.165, 1.54) is 0 Å². The SMILES string of the molecule is Cc1nc(Br)cc(-c2ccncc2)n1. The van der Waals surface area contributed by atoms with Crippen molar-refractivity contribution in [2.24, 2.45) is 0 Å². The van der Waals surface area contributed by atoms with Gasteiger partial charge >= 0.3 is 0 Å². The van der Waals surface area contributed by atoms with Gasteiger partial charge in [0.1, 0.15) is 10.4 Å². The number of hydrogen-bond acceptors (Lipinski definition) is 3. The molecule has 0 aliphatic rings. The van der Waals surface area contributed by atoms with Crippen LogP contribution in [0, 0.1) is 6.92 Å². The van der Waals surface area contributed by atoms with Crippen molar-refractivity contribution in [3.63, 3.8) is 0 Å². The Bertz CT molecular complexity index is 422. The van der Waals surface area contributed by atoms with E-state index < -0.39 is 0 Å². The van der Waals surface area contributed by atoms with Crippen LogP contribution in [-0.4, -0.2) is 15.0 Å². The van der Waals surface area contributed by atoms with Crippen LogP contribution in [0.2, 0.25) is 0 Å². The number of aryl methyl sites for hydroxylation is 1. The zero-order valence-electron chi connectivity index (χ0n) is 7.61. The first-order valence-electron chi connectivity index (χ1n) is 4.17. The van der Waals surface area contributed by atoms with Gasteiger partial charge in [0.15, 0.2) is 0 Å². The lowest BCUT2D eigenvalue weighted by Crippen LogP contribution is -1.91. The highest BCUT2D eigenvalue weighted by molar-refractivity contribution is 9.10. The predicted octanol–water partition coefficient (Wildman–Crippen LogP) is 2.61. The Morgan fingerprint density at radius 1 is 1.14 bits per heavy atom. The fourth-order valence-corrected chi connectivity index (χ4v) is 1.68. The first kappa shape index (κ1) is 9.27. The molecule has 0 aromatic carbocycles. The number of halogens is 1. The Hall–Kier alpha value is -1.29. The van der Waals surface area contributed by atoms with Gasteiger partial charge in [-0.2, -0.15) is 0 Å². The summed E-state index contributed by atoms with van der Waals surface area (Å²) in [5.74, 6) is 0.756. The smallest absolute Gasteiger partial charge is 0.127 e. The molecule has 4 heteroatoms. The minimum Gasteiger partial charge on any atom is -0.265 e. The van der Waals surface area contributed by atoms with Crippen molar-refractivity contribution in [1.29, 1.82) is 0 Å². The summed E-state index contributed by atoms with van der Waals surface area (Å²) in [6, 6.07) is 5.74. The fourth-order valence-electron chi connectivity index (χ4n) is 1.20. The minimum absolute atomic E-state index is 0.756. The van der Waals surface area contributed by atoms with E-state index in [1.54, 1.807) is 12.4 Å². The van der Waals surface area contributed by atoms with Crippen molar-refractivity contribution in [1.82, 2.24) is 15.0 Å². The second-order valence-electron chi connectivity index (χ2n) is 2.86. The van der Waals surface area contributed by atoms with E-state index in [2.05, 4.69) is 30.9 Å². The summed E-state index contributed by atoms with van der Waals surface area (Å²) in [4.78, 5) is 12.4. The van der Waals surface area contributed by atoms with Crippen LogP contribution in [0.4, 0.5) is 0 Å². The maximum absolute atomic E-state index is 4.34. The van der Waals surface area contributed by atoms with Gasteiger partial charge in [-0.05, 0) is 41.1 Å². The summed E-state index contributed by atoms with van der Waals surface area (Å²) >= 11 is 3.34. The highest BCUT2D eigenvalue weighted by atomic mass is 79.9. The molecule has 70 valence electrons. The molecule has 0 unspecified atom stereocenters. The Morgan fingerprint density at radius 2 is 1.86 bits per heavy atom. The normalized spacial score (nSPS) is 10.1. The van der Waals surface area contributed by atoms with Crippen molar-refractivity contribution >= 4 is 15.9 Å². The molecule has 0 saturated carbocycles. The second-order valence-corrected chi connectivity index (χ2v) is 3.67. The average Bonchev–Trinajstić information content (AvgIpc) is 2.18. The van der Waals surface area contributed by atoms with Gasteiger partial charge < -0.3 is 0 Å². The predicted molar refractivity (Wildman–Crippen MR) is 57.7 cm³/mol. The summed E-state index contributed by atoms with van der Waals surface area (Å²) in [6.45, 7) is 1.87. The lowest BCUT2D eigenvalue weighted by molar-refractivity contribution is 1.04. The Morgan fingerprint density at radius 3 is 2.50 bits per heavy atom. The quantitative estimate of drug-likeness (QED) is 0.730. The van der Waals surface area contributed by atoms with E-state index in [0.717, 1.165) is 21.7 Å². The topological polar surface area (TPSA) is 38.7 Å². The van der Waals surface area contributed by atoms with Gasteiger partial charge in [0.2, 0.25) is 0 Å². The average molecular weight is 250 g/mol. The van der Waals surface area contributed by atoms with E-state index in [0.29, 0.717) is 0 Å². The lowest BCUT2D eigenvalue weighted by Gasteiger charge is -2.01. The van der Waals surface area contributed by atoms with Crippen LogP contribution in [-0.2, 0) is 0 Å². The maximum atomic E-state index is 4.34. The summed E-state index contributed by atoms with van der Waals surface area (Å²) in [5, 5.41) is 0. The van der Waals surface area contributed by atoms with Crippen LogP contribution < -0.4 is 0 Å². The van der Waals surface area contributed by atoms with E-state index in [4.69, 9.17) is 0 Å². The van der Waals surface area contributed by atoms with Gasteiger partial charge in [0, 0.05) is 18.0 Å². The molecule has 0 saturated heterocycles. The van der Waals surface area contributed by atoms with Crippen LogP contribution in [0.5, 0.6) is 0 Å². The molecule has 0 amide bonds. The first-order chi connectivity index (χ1) is 6.75. The van der Waals surface area contributed by atoms with Gasteiger partial charge in [-0.25, -0.2) is 9.97 Å². The Balaban J connectivity index is 2.52. The standard InChI is InChI=1S/C10H8BrN3/c1-7-13-9(6-10(11)14-7)8-2-4-12-5-3-8/h2-6H,1H3. The molecule has 0 spiro atoms. The third kappa shape index (κ3) is 1.96. The van der Waals surface area contributed by atoms with Crippen molar-refractivity contribution < 1.29 is 0 Å². The third-order valence-electron chi connectivity index (χ3n) is 1.78. The molecule has 0 N–H and O–H groups in total. The van der Waals surface area contributed by atoms with Gasteiger partial charge in [0.05, 0.1) is 5.69 Å². The second kappa shape index (κ2) is 3.84. The minimum atomic E-state index is 0.756. The van der Waals surface area contributed by atoms with Crippen LogP contribution in [0.3, 0.4) is 0 Å². The van der Waals surface area contributed by atoms with Crippen molar-refractivity contribution in [2.75, 3.05) is 0 Å². The van der Waals surface area contributed by atoms with Crippen molar-refractivity contribution in [3.8, 4) is 11.3 Å². The molecule has 0 atom stereocenters. The van der Waals surface area contributed by atoms with E-state index in [9.17, 15) is 0 Å². The van der Waals surface area contributed by atoms with E-state index in [1.807, 2.05) is 25.1 Å². The fraction of sp³-hybridized carbons (Fsp3) is 0.100. The molecule has 2 aromatic heterocycles. The molecular weight excluding hydrogens is 242 g/mol. The molecule has 2 rings (SSSR count). The highest BCUT2D eigenvalue weighted by Gasteiger charge is 2.01. The maximum Gasteiger partial charge on any atom is 0.127 e. The molecule has 0 fully saturated rings. The highest BCUT2D eigenvalue weighted by Crippen LogP contribution is 2.18. The third-order valence-corrected chi connectivity index (χ3v) is 2.19. The number of aromatic nitrogens is 3. The van der Waals surface area contributed by atoms with Crippen LogP contribution in [0.1, 0.15) is 5.82 Å². The molecule has 0 bridgehead atoms. The van der Waals surface area contributed by atoms with Crippen molar-refractivity contribution in [2.45, 2.75) is 6.92 Å². The van der Waals surface area contributed by atoms with E-state index >= 15 is 0 Å². The largest absolute Gasteiger partial charge is 0.265 e. The van der Waals surface area contributed by atoms with Crippen LogP contribution in [0.15, 0.2) is 35.2 Å². The Kier molecular flexibility index (Phi) is 2.54. The monoisotopic (exact) mass is 249 g/mol. The molecular formula is C10H8BrN3. The lowest BCUT2D eigenvalue weighted by atomic mass is 10.2. The summed E-state index contributed by atoms with van der Waals surface area (Å²) < 4.78 is 0.803. The number of pyridine rings is 1.